The zero-order chi connectivity index (χ0) is 23.4. The molecule has 182 valence electrons. The number of halogens is 2. The molecule has 1 saturated carbocycles. The molecule has 0 spiro atoms. The molecule has 8 nitrogen and oxygen atoms in total. The number of hydrogen-bond donors (Lipinski definition) is 2. The first-order valence-corrected chi connectivity index (χ1v) is 14.1. The number of alkyl halides is 2. The van der Waals surface area contributed by atoms with Gasteiger partial charge < -0.3 is 0 Å². The average Bonchev–Trinajstić information content (AvgIpc) is 3.39. The predicted molar refractivity (Wildman–Crippen MR) is 128 cm³/mol. The summed E-state index contributed by atoms with van der Waals surface area (Å²) in [5, 5.41) is 11.5. The molecule has 2 aliphatic heterocycles. The number of piperazine rings is 1. The van der Waals surface area contributed by atoms with Crippen molar-refractivity contribution in [1.29, 1.82) is 0 Å². The first-order valence-electron chi connectivity index (χ1n) is 11.6. The molecule has 1 atom stereocenters. The van der Waals surface area contributed by atoms with Gasteiger partial charge in [0, 0.05) is 0 Å². The summed E-state index contributed by atoms with van der Waals surface area (Å²) in [6, 6.07) is 4.72. The summed E-state index contributed by atoms with van der Waals surface area (Å²) in [5.74, 6) is 2.51. The van der Waals surface area contributed by atoms with Gasteiger partial charge in [0.15, 0.2) is 0 Å². The van der Waals surface area contributed by atoms with E-state index in [0.29, 0.717) is 35.4 Å². The van der Waals surface area contributed by atoms with E-state index in [1.54, 1.807) is 11.9 Å². The molecule has 6 rings (SSSR count). The fraction of sp³-hybridized carbons (Fsp3) is 0.591. The van der Waals surface area contributed by atoms with Gasteiger partial charge in [0.1, 0.15) is 0 Å². The second-order valence-corrected chi connectivity index (χ2v) is 12.7. The van der Waals surface area contributed by atoms with Crippen molar-refractivity contribution >= 4 is 37.8 Å². The van der Waals surface area contributed by atoms with Gasteiger partial charge in [0.25, 0.3) is 0 Å². The molecule has 0 amide bonds. The molecule has 1 aliphatic carbocycles. The van der Waals surface area contributed by atoms with Crippen LogP contribution in [0.4, 0.5) is 14.6 Å². The van der Waals surface area contributed by atoms with Gasteiger partial charge in [-0.3, -0.25) is 0 Å². The Labute approximate surface area is 206 Å². The Balaban J connectivity index is 1.49. The van der Waals surface area contributed by atoms with Crippen molar-refractivity contribution in [3.05, 3.63) is 22.5 Å². The molecule has 0 bridgehead atoms. The number of aromatic nitrogens is 4. The van der Waals surface area contributed by atoms with Gasteiger partial charge in [0.2, 0.25) is 0 Å². The van der Waals surface area contributed by atoms with E-state index < -0.39 is 20.9 Å². The molecule has 3 aliphatic rings. The molecule has 0 unspecified atom stereocenters. The third kappa shape index (κ3) is 4.29. The quantitative estimate of drug-likeness (QED) is 0.341. The summed E-state index contributed by atoms with van der Waals surface area (Å²) in [5.41, 5.74) is 1.57. The van der Waals surface area contributed by atoms with E-state index >= 15 is 0 Å². The number of pyridine rings is 1. The van der Waals surface area contributed by atoms with Crippen molar-refractivity contribution in [3.63, 3.8) is 0 Å². The van der Waals surface area contributed by atoms with Crippen molar-refractivity contribution in [1.82, 2.24) is 29.6 Å². The van der Waals surface area contributed by atoms with Crippen LogP contribution in [0.15, 0.2) is 17.0 Å². The SMILES string of the molecule is C[C@H]1CN(c2cc(SNC3(C)COC3)cc3c(-c4nnc(C(F)F)[se]4)nc(C4CC4)n23)CCN1. The van der Waals surface area contributed by atoms with Gasteiger partial charge >= 0.3 is 207 Å². The van der Waals surface area contributed by atoms with Crippen LogP contribution < -0.4 is 14.9 Å². The van der Waals surface area contributed by atoms with E-state index in [1.807, 2.05) is 0 Å². The van der Waals surface area contributed by atoms with Crippen LogP contribution in [0.5, 0.6) is 0 Å². The topological polar surface area (TPSA) is 79.6 Å². The van der Waals surface area contributed by atoms with Gasteiger partial charge in [-0.05, 0) is 0 Å². The maximum atomic E-state index is 13.3. The number of fused-ring (bicyclic) bond motifs is 1. The molecule has 3 aromatic heterocycles. The molecule has 0 radical (unpaired) electrons. The molecule has 2 N–H and O–H groups in total. The first-order chi connectivity index (χ1) is 16.4. The summed E-state index contributed by atoms with van der Waals surface area (Å²) in [6.07, 6.45) is -0.373. The van der Waals surface area contributed by atoms with Crippen molar-refractivity contribution in [2.24, 2.45) is 0 Å². The summed E-state index contributed by atoms with van der Waals surface area (Å²) in [4.78, 5) is 8.49. The number of nitrogens with one attached hydrogen (secondary N) is 2. The van der Waals surface area contributed by atoms with Gasteiger partial charge in [0.05, 0.1) is 0 Å². The Morgan fingerprint density at radius 1 is 1.29 bits per heavy atom. The standard InChI is InChI=1S/C22H27F2N7OSSe/c1-12-9-30(6-5-25-12)16-8-14(33-29-22(2)10-32-11-22)7-15-17(20-27-28-21(34-20)18(23)24)26-19(31(15)16)13-3-4-13/h7-8,12-13,18,25,29H,3-6,9-11H2,1-2H3/t12-/m0/s1. The van der Waals surface area contributed by atoms with Gasteiger partial charge in [-0.1, -0.05) is 0 Å². The Kier molecular flexibility index (Phi) is 5.94. The molecule has 5 heterocycles. The van der Waals surface area contributed by atoms with Crippen LogP contribution in [0.3, 0.4) is 0 Å². The first kappa shape index (κ1) is 22.9. The van der Waals surface area contributed by atoms with Crippen LogP contribution in [-0.4, -0.2) is 78.5 Å². The van der Waals surface area contributed by atoms with Crippen molar-refractivity contribution in [2.75, 3.05) is 37.7 Å². The number of rotatable bonds is 7. The third-order valence-corrected chi connectivity index (χ3v) is 9.47. The van der Waals surface area contributed by atoms with E-state index in [-0.39, 0.29) is 10.1 Å². The number of imidazole rings is 1. The fourth-order valence-corrected chi connectivity index (χ4v) is 6.75. The summed E-state index contributed by atoms with van der Waals surface area (Å²) in [7, 11) is 0. The maximum absolute atomic E-state index is 13.3. The van der Waals surface area contributed by atoms with E-state index in [0.717, 1.165) is 54.5 Å². The molecule has 12 heteroatoms. The van der Waals surface area contributed by atoms with Gasteiger partial charge in [-0.15, -0.1) is 0 Å². The summed E-state index contributed by atoms with van der Waals surface area (Å²) < 4.78 is 38.2. The van der Waals surface area contributed by atoms with Gasteiger partial charge in [-0.25, -0.2) is 0 Å². The second-order valence-electron chi connectivity index (χ2n) is 9.67. The third-order valence-electron chi connectivity index (χ3n) is 6.44. The Hall–Kier alpha value is -1.56. The van der Waals surface area contributed by atoms with Crippen LogP contribution in [0.25, 0.3) is 15.8 Å². The minimum absolute atomic E-state index is 0.0542. The molecule has 0 aromatic carbocycles. The summed E-state index contributed by atoms with van der Waals surface area (Å²) >= 11 is 0.971. The Morgan fingerprint density at radius 3 is 2.76 bits per heavy atom. The molecule has 2 saturated heterocycles. The van der Waals surface area contributed by atoms with Crippen molar-refractivity contribution in [3.8, 4) is 10.3 Å². The fourth-order valence-electron chi connectivity index (χ4n) is 4.47. The van der Waals surface area contributed by atoms with Crippen molar-refractivity contribution in [2.45, 2.75) is 55.5 Å². The van der Waals surface area contributed by atoms with Crippen molar-refractivity contribution < 1.29 is 13.5 Å². The van der Waals surface area contributed by atoms with Gasteiger partial charge in [-0.2, -0.15) is 0 Å². The van der Waals surface area contributed by atoms with Crippen LogP contribution >= 0.6 is 11.9 Å². The molecular weight excluding hydrogens is 527 g/mol. The average molecular weight is 555 g/mol. The van der Waals surface area contributed by atoms with Crippen LogP contribution in [-0.2, 0) is 4.74 Å². The van der Waals surface area contributed by atoms with Crippen LogP contribution in [0.2, 0.25) is 0 Å². The zero-order valence-electron chi connectivity index (χ0n) is 19.1. The molecule has 3 aromatic rings. The van der Waals surface area contributed by atoms with E-state index in [9.17, 15) is 8.78 Å². The summed E-state index contributed by atoms with van der Waals surface area (Å²) in [6.45, 7) is 8.41. The minimum atomic E-state index is -2.57. The molecule has 34 heavy (non-hydrogen) atoms. The van der Waals surface area contributed by atoms with E-state index in [1.165, 1.54) is 0 Å². The second kappa shape index (κ2) is 8.83. The number of anilines is 1. The Morgan fingerprint density at radius 2 is 2.12 bits per heavy atom. The number of nitrogens with zero attached hydrogens (tertiary/aromatic N) is 5. The van der Waals surface area contributed by atoms with E-state index in [4.69, 9.17) is 9.72 Å². The normalized spacial score (nSPS) is 22.5. The monoisotopic (exact) mass is 555 g/mol. The molecule has 3 fully saturated rings. The number of hydrogen-bond acceptors (Lipinski definition) is 8. The van der Waals surface area contributed by atoms with E-state index in [2.05, 4.69) is 55.5 Å². The Bertz CT molecular complexity index is 1210. The molecular formula is C22H27F2N7OSSe. The van der Waals surface area contributed by atoms with Crippen LogP contribution in [0, 0.1) is 0 Å². The number of ether oxygens (including phenoxy) is 1. The predicted octanol–water partition coefficient (Wildman–Crippen LogP) is 2.85. The van der Waals surface area contributed by atoms with Crippen LogP contribution in [0.1, 0.15) is 49.4 Å². The zero-order valence-corrected chi connectivity index (χ0v) is 21.6.